The van der Waals surface area contributed by atoms with Gasteiger partial charge in [-0.05, 0) is 25.0 Å². The van der Waals surface area contributed by atoms with Crippen LogP contribution < -0.4 is 10.6 Å². The second-order valence-corrected chi connectivity index (χ2v) is 5.43. The minimum atomic E-state index is 0.636. The van der Waals surface area contributed by atoms with Gasteiger partial charge in [0.15, 0.2) is 5.96 Å². The average molecular weight is 313 g/mol. The second-order valence-electron chi connectivity index (χ2n) is 5.43. The van der Waals surface area contributed by atoms with Gasteiger partial charge in [0.25, 0.3) is 0 Å². The lowest BCUT2D eigenvalue weighted by molar-refractivity contribution is 0.683. The Kier molecular flexibility index (Phi) is 7.17. The number of para-hydroxylation sites is 1. The summed E-state index contributed by atoms with van der Waals surface area (Å²) in [5, 5.41) is 6.70. The lowest BCUT2D eigenvalue weighted by atomic mass is 10.2. The van der Waals surface area contributed by atoms with Crippen molar-refractivity contribution in [3.63, 3.8) is 0 Å². The topological polar surface area (TPSA) is 54.2 Å². The van der Waals surface area contributed by atoms with Gasteiger partial charge < -0.3 is 15.2 Å². The molecular formula is C18H27N5. The Morgan fingerprint density at radius 2 is 2.04 bits per heavy atom. The molecule has 0 fully saturated rings. The first-order valence-electron chi connectivity index (χ1n) is 8.43. The van der Waals surface area contributed by atoms with Crippen LogP contribution in [-0.4, -0.2) is 28.6 Å². The summed E-state index contributed by atoms with van der Waals surface area (Å²) in [5.41, 5.74) is 2.30. The summed E-state index contributed by atoms with van der Waals surface area (Å²) >= 11 is 0. The third-order valence-electron chi connectivity index (χ3n) is 3.60. The Bertz CT molecular complexity index is 589. The summed E-state index contributed by atoms with van der Waals surface area (Å²) in [6, 6.07) is 8.29. The Balaban J connectivity index is 2.04. The standard InChI is InChI=1S/C18H27N5/c1-3-5-8-11-21-18(20-4-2)22-14-16-9-6-7-10-17(16)23-13-12-19-15-23/h6-7,9-10,12-13,15H,3-5,8,11,14H2,1-2H3,(H2,20,21,22). The summed E-state index contributed by atoms with van der Waals surface area (Å²) in [5.74, 6) is 0.879. The molecule has 0 spiro atoms. The maximum Gasteiger partial charge on any atom is 0.191 e. The van der Waals surface area contributed by atoms with Crippen LogP contribution >= 0.6 is 0 Å². The van der Waals surface area contributed by atoms with Crippen LogP contribution in [0.25, 0.3) is 5.69 Å². The number of hydrogen-bond donors (Lipinski definition) is 2. The molecule has 5 nitrogen and oxygen atoms in total. The molecule has 0 aliphatic heterocycles. The fourth-order valence-electron chi connectivity index (χ4n) is 2.39. The molecule has 0 radical (unpaired) electrons. The number of benzene rings is 1. The van der Waals surface area contributed by atoms with Crippen molar-refractivity contribution in [2.24, 2.45) is 4.99 Å². The van der Waals surface area contributed by atoms with E-state index in [0.717, 1.165) is 24.7 Å². The van der Waals surface area contributed by atoms with Gasteiger partial charge >= 0.3 is 0 Å². The normalized spacial score (nSPS) is 11.5. The van der Waals surface area contributed by atoms with E-state index in [9.17, 15) is 0 Å². The van der Waals surface area contributed by atoms with Gasteiger partial charge in [-0.1, -0.05) is 38.0 Å². The van der Waals surface area contributed by atoms with Gasteiger partial charge in [0.2, 0.25) is 0 Å². The smallest absolute Gasteiger partial charge is 0.191 e. The maximum absolute atomic E-state index is 4.71. The number of hydrogen-bond acceptors (Lipinski definition) is 2. The monoisotopic (exact) mass is 313 g/mol. The summed E-state index contributed by atoms with van der Waals surface area (Å²) in [6.45, 7) is 6.76. The molecule has 1 heterocycles. The number of guanidine groups is 1. The van der Waals surface area contributed by atoms with Crippen LogP contribution in [0.1, 0.15) is 38.7 Å². The van der Waals surface area contributed by atoms with Crippen LogP contribution in [0, 0.1) is 0 Å². The third-order valence-corrected chi connectivity index (χ3v) is 3.60. The highest BCUT2D eigenvalue weighted by Gasteiger charge is 2.04. The van der Waals surface area contributed by atoms with E-state index in [1.54, 1.807) is 6.20 Å². The zero-order valence-electron chi connectivity index (χ0n) is 14.1. The van der Waals surface area contributed by atoms with Crippen molar-refractivity contribution in [3.8, 4) is 5.69 Å². The fraction of sp³-hybridized carbons (Fsp3) is 0.444. The van der Waals surface area contributed by atoms with Crippen molar-refractivity contribution in [2.75, 3.05) is 13.1 Å². The van der Waals surface area contributed by atoms with Crippen LogP contribution in [0.3, 0.4) is 0 Å². The number of aliphatic imine (C=N–C) groups is 1. The van der Waals surface area contributed by atoms with Crippen molar-refractivity contribution < 1.29 is 0 Å². The molecule has 1 aromatic heterocycles. The Morgan fingerprint density at radius 1 is 1.17 bits per heavy atom. The van der Waals surface area contributed by atoms with Gasteiger partial charge in [-0.15, -0.1) is 0 Å². The zero-order valence-corrected chi connectivity index (χ0v) is 14.1. The summed E-state index contributed by atoms with van der Waals surface area (Å²) in [6.07, 6.45) is 9.21. The molecule has 2 rings (SSSR count). The van der Waals surface area contributed by atoms with E-state index in [-0.39, 0.29) is 0 Å². The predicted molar refractivity (Wildman–Crippen MR) is 95.9 cm³/mol. The highest BCUT2D eigenvalue weighted by atomic mass is 15.2. The summed E-state index contributed by atoms with van der Waals surface area (Å²) in [7, 11) is 0. The molecule has 0 saturated heterocycles. The van der Waals surface area contributed by atoms with Crippen molar-refractivity contribution in [2.45, 2.75) is 39.7 Å². The van der Waals surface area contributed by atoms with E-state index >= 15 is 0 Å². The molecule has 0 unspecified atom stereocenters. The summed E-state index contributed by atoms with van der Waals surface area (Å²) in [4.78, 5) is 8.84. The number of aromatic nitrogens is 2. The van der Waals surface area contributed by atoms with Gasteiger partial charge in [-0.3, -0.25) is 0 Å². The molecule has 0 bridgehead atoms. The first kappa shape index (κ1) is 17.1. The van der Waals surface area contributed by atoms with Gasteiger partial charge in [0.05, 0.1) is 18.6 Å². The number of nitrogens with one attached hydrogen (secondary N) is 2. The van der Waals surface area contributed by atoms with Crippen molar-refractivity contribution in [1.82, 2.24) is 20.2 Å². The highest BCUT2D eigenvalue weighted by Crippen LogP contribution is 2.14. The molecular weight excluding hydrogens is 286 g/mol. The van der Waals surface area contributed by atoms with Crippen molar-refractivity contribution in [1.29, 1.82) is 0 Å². The second kappa shape index (κ2) is 9.66. The molecule has 23 heavy (non-hydrogen) atoms. The molecule has 0 atom stereocenters. The van der Waals surface area contributed by atoms with E-state index in [1.807, 2.05) is 29.2 Å². The molecule has 0 amide bonds. The zero-order chi connectivity index (χ0) is 16.3. The average Bonchev–Trinajstić information content (AvgIpc) is 3.11. The van der Waals surface area contributed by atoms with E-state index in [1.165, 1.54) is 24.8 Å². The highest BCUT2D eigenvalue weighted by molar-refractivity contribution is 5.79. The lowest BCUT2D eigenvalue weighted by Gasteiger charge is -2.12. The number of imidazole rings is 1. The lowest BCUT2D eigenvalue weighted by Crippen LogP contribution is -2.37. The van der Waals surface area contributed by atoms with Gasteiger partial charge in [0, 0.05) is 25.5 Å². The SMILES string of the molecule is CCCCCNC(=NCc1ccccc1-n1ccnc1)NCC. The minimum Gasteiger partial charge on any atom is -0.357 e. The molecule has 1 aromatic carbocycles. The van der Waals surface area contributed by atoms with E-state index in [4.69, 9.17) is 4.99 Å². The van der Waals surface area contributed by atoms with Gasteiger partial charge in [-0.25, -0.2) is 9.98 Å². The van der Waals surface area contributed by atoms with E-state index < -0.39 is 0 Å². The van der Waals surface area contributed by atoms with Crippen LogP contribution in [-0.2, 0) is 6.54 Å². The maximum atomic E-state index is 4.71. The molecule has 5 heteroatoms. The predicted octanol–water partition coefficient (Wildman–Crippen LogP) is 3.12. The largest absolute Gasteiger partial charge is 0.357 e. The number of unbranched alkanes of at least 4 members (excludes halogenated alkanes) is 2. The molecule has 0 aliphatic rings. The van der Waals surface area contributed by atoms with Crippen molar-refractivity contribution in [3.05, 3.63) is 48.5 Å². The van der Waals surface area contributed by atoms with Gasteiger partial charge in [-0.2, -0.15) is 0 Å². The minimum absolute atomic E-state index is 0.636. The summed E-state index contributed by atoms with van der Waals surface area (Å²) < 4.78 is 2.02. The van der Waals surface area contributed by atoms with E-state index in [2.05, 4.69) is 41.6 Å². The quantitative estimate of drug-likeness (QED) is 0.447. The van der Waals surface area contributed by atoms with Crippen LogP contribution in [0.4, 0.5) is 0 Å². The fourth-order valence-corrected chi connectivity index (χ4v) is 2.39. The van der Waals surface area contributed by atoms with Crippen LogP contribution in [0.15, 0.2) is 48.0 Å². The first-order chi connectivity index (χ1) is 11.3. The number of rotatable bonds is 8. The van der Waals surface area contributed by atoms with Crippen LogP contribution in [0.5, 0.6) is 0 Å². The molecule has 0 saturated carbocycles. The Labute approximate surface area is 138 Å². The molecule has 2 aromatic rings. The number of nitrogens with zero attached hydrogens (tertiary/aromatic N) is 3. The molecule has 2 N–H and O–H groups in total. The Hall–Kier alpha value is -2.30. The molecule has 124 valence electrons. The van der Waals surface area contributed by atoms with Gasteiger partial charge in [0.1, 0.15) is 0 Å². The molecule has 0 aliphatic carbocycles. The van der Waals surface area contributed by atoms with Crippen LogP contribution in [0.2, 0.25) is 0 Å². The first-order valence-corrected chi connectivity index (χ1v) is 8.43. The Morgan fingerprint density at radius 3 is 2.78 bits per heavy atom. The third kappa shape index (κ3) is 5.43. The van der Waals surface area contributed by atoms with Crippen molar-refractivity contribution >= 4 is 5.96 Å². The van der Waals surface area contributed by atoms with E-state index in [0.29, 0.717) is 6.54 Å².